The number of carbonyl (C=O) groups is 1. The highest BCUT2D eigenvalue weighted by atomic mass is 19.1. The fourth-order valence-electron chi connectivity index (χ4n) is 1.59. The van der Waals surface area contributed by atoms with Crippen molar-refractivity contribution in [1.82, 2.24) is 0 Å². The average molecular weight is 274 g/mol. The molecule has 0 saturated heterocycles. The first-order valence-corrected chi connectivity index (χ1v) is 5.46. The summed E-state index contributed by atoms with van der Waals surface area (Å²) >= 11 is 0. The molecule has 0 radical (unpaired) electrons. The van der Waals surface area contributed by atoms with Crippen LogP contribution in [0.25, 0.3) is 0 Å². The Bertz CT molecular complexity index is 508. The summed E-state index contributed by atoms with van der Waals surface area (Å²) in [5, 5.41) is 21.9. The number of nitro benzene ring substituents is 1. The molecule has 19 heavy (non-hydrogen) atoms. The second-order valence-electron chi connectivity index (χ2n) is 3.89. The molecule has 1 aromatic rings. The minimum atomic E-state index is -1.31. The Morgan fingerprint density at radius 2 is 2.16 bits per heavy atom. The van der Waals surface area contributed by atoms with Gasteiger partial charge >= 0.3 is 11.7 Å². The van der Waals surface area contributed by atoms with Gasteiger partial charge in [-0.1, -0.05) is 6.92 Å². The van der Waals surface area contributed by atoms with Crippen molar-refractivity contribution in [1.29, 1.82) is 0 Å². The van der Waals surface area contributed by atoms with Crippen LogP contribution in [0.15, 0.2) is 12.1 Å². The molecule has 8 heteroatoms. The van der Waals surface area contributed by atoms with Crippen LogP contribution in [0.3, 0.4) is 0 Å². The molecule has 0 aliphatic carbocycles. The molecule has 0 bridgehead atoms. The van der Waals surface area contributed by atoms with Crippen LogP contribution in [-0.4, -0.2) is 22.0 Å². The predicted octanol–water partition coefficient (Wildman–Crippen LogP) is 2.54. The van der Waals surface area contributed by atoms with Crippen molar-refractivity contribution in [3.05, 3.63) is 33.9 Å². The molecule has 0 spiro atoms. The highest BCUT2D eigenvalue weighted by Gasteiger charge is 2.24. The zero-order chi connectivity index (χ0) is 14.6. The number of aliphatic carboxylic acids is 1. The summed E-state index contributed by atoms with van der Waals surface area (Å²) in [5.74, 6) is -3.40. The Morgan fingerprint density at radius 3 is 2.63 bits per heavy atom. The van der Waals surface area contributed by atoms with Crippen molar-refractivity contribution in [2.75, 3.05) is 5.32 Å². The topological polar surface area (TPSA) is 92.5 Å². The molecule has 1 rings (SSSR count). The van der Waals surface area contributed by atoms with Gasteiger partial charge in [-0.2, -0.15) is 4.39 Å². The lowest BCUT2D eigenvalue weighted by atomic mass is 10.1. The third-order valence-electron chi connectivity index (χ3n) is 2.48. The van der Waals surface area contributed by atoms with Crippen molar-refractivity contribution < 1.29 is 23.6 Å². The number of hydrogen-bond acceptors (Lipinski definition) is 4. The van der Waals surface area contributed by atoms with Crippen molar-refractivity contribution in [3.63, 3.8) is 0 Å². The minimum absolute atomic E-state index is 0.314. The largest absolute Gasteiger partial charge is 0.481 e. The van der Waals surface area contributed by atoms with Crippen molar-refractivity contribution in [3.8, 4) is 0 Å². The van der Waals surface area contributed by atoms with Gasteiger partial charge in [0.1, 0.15) is 11.5 Å². The molecule has 1 atom stereocenters. The Morgan fingerprint density at radius 1 is 1.53 bits per heavy atom. The quantitative estimate of drug-likeness (QED) is 0.614. The van der Waals surface area contributed by atoms with Gasteiger partial charge in [-0.15, -0.1) is 0 Å². The highest BCUT2D eigenvalue weighted by Crippen LogP contribution is 2.29. The molecule has 0 aliphatic rings. The minimum Gasteiger partial charge on any atom is -0.481 e. The summed E-state index contributed by atoms with van der Waals surface area (Å²) in [7, 11) is 0. The van der Waals surface area contributed by atoms with Gasteiger partial charge < -0.3 is 10.4 Å². The van der Waals surface area contributed by atoms with Crippen LogP contribution in [0, 0.1) is 21.7 Å². The van der Waals surface area contributed by atoms with E-state index in [0.29, 0.717) is 12.5 Å². The summed E-state index contributed by atoms with van der Waals surface area (Å²) in [6.45, 7) is 1.65. The van der Waals surface area contributed by atoms with Crippen LogP contribution >= 0.6 is 0 Å². The van der Waals surface area contributed by atoms with E-state index in [1.54, 1.807) is 6.92 Å². The van der Waals surface area contributed by atoms with Crippen molar-refractivity contribution in [2.24, 2.45) is 0 Å². The third kappa shape index (κ3) is 3.87. The number of nitrogens with zero attached hydrogens (tertiary/aromatic N) is 1. The molecule has 0 fully saturated rings. The zero-order valence-corrected chi connectivity index (χ0v) is 10.0. The normalized spacial score (nSPS) is 11.9. The number of benzene rings is 1. The lowest BCUT2D eigenvalue weighted by Gasteiger charge is -2.16. The van der Waals surface area contributed by atoms with Crippen LogP contribution in [0.1, 0.15) is 19.8 Å². The SMILES string of the molecule is CCC(CC(=O)O)Nc1cc(F)cc(F)c1[N+](=O)[O-]. The Balaban J connectivity index is 3.11. The van der Waals surface area contributed by atoms with E-state index in [9.17, 15) is 23.7 Å². The Labute approximate surface area is 107 Å². The van der Waals surface area contributed by atoms with E-state index in [1.165, 1.54) is 0 Å². The van der Waals surface area contributed by atoms with Gasteiger partial charge in [0, 0.05) is 18.2 Å². The average Bonchev–Trinajstić information content (AvgIpc) is 2.25. The van der Waals surface area contributed by atoms with E-state index in [0.717, 1.165) is 6.07 Å². The van der Waals surface area contributed by atoms with E-state index in [-0.39, 0.29) is 12.1 Å². The first-order chi connectivity index (χ1) is 8.85. The number of rotatable bonds is 6. The van der Waals surface area contributed by atoms with Gasteiger partial charge in [-0.3, -0.25) is 14.9 Å². The maximum Gasteiger partial charge on any atom is 0.327 e. The first kappa shape index (κ1) is 14.8. The molecular weight excluding hydrogens is 262 g/mol. The molecule has 1 unspecified atom stereocenters. The van der Waals surface area contributed by atoms with Gasteiger partial charge in [0.05, 0.1) is 11.3 Å². The number of halogens is 2. The molecule has 0 heterocycles. The third-order valence-corrected chi connectivity index (χ3v) is 2.48. The predicted molar refractivity (Wildman–Crippen MR) is 63.0 cm³/mol. The van der Waals surface area contributed by atoms with Crippen LogP contribution in [0.4, 0.5) is 20.2 Å². The molecule has 0 aromatic heterocycles. The second-order valence-corrected chi connectivity index (χ2v) is 3.89. The first-order valence-electron chi connectivity index (χ1n) is 5.46. The van der Waals surface area contributed by atoms with Crippen LogP contribution < -0.4 is 5.32 Å². The summed E-state index contributed by atoms with van der Waals surface area (Å²) < 4.78 is 26.4. The number of anilines is 1. The van der Waals surface area contributed by atoms with Gasteiger partial charge in [0.15, 0.2) is 0 Å². The molecule has 2 N–H and O–H groups in total. The maximum absolute atomic E-state index is 13.3. The van der Waals surface area contributed by atoms with E-state index in [1.807, 2.05) is 0 Å². The van der Waals surface area contributed by atoms with Gasteiger partial charge in [-0.25, -0.2) is 4.39 Å². The zero-order valence-electron chi connectivity index (χ0n) is 10.0. The standard InChI is InChI=1S/C11H12F2N2O4/c1-2-7(5-10(16)17)14-9-4-6(12)3-8(13)11(9)15(18)19/h3-4,7,14H,2,5H2,1H3,(H,16,17). The number of nitro groups is 1. The van der Waals surface area contributed by atoms with Gasteiger partial charge in [0.25, 0.3) is 0 Å². The maximum atomic E-state index is 13.3. The molecule has 0 amide bonds. The number of carboxylic acids is 1. The lowest BCUT2D eigenvalue weighted by molar-refractivity contribution is -0.386. The smallest absolute Gasteiger partial charge is 0.327 e. The van der Waals surface area contributed by atoms with Crippen LogP contribution in [0.2, 0.25) is 0 Å². The summed E-state index contributed by atoms with van der Waals surface area (Å²) in [6, 6.07) is 0.519. The number of nitrogens with one attached hydrogen (secondary N) is 1. The molecule has 104 valence electrons. The Kier molecular flexibility index (Phi) is 4.74. The fourth-order valence-corrected chi connectivity index (χ4v) is 1.59. The van der Waals surface area contributed by atoms with Crippen molar-refractivity contribution >= 4 is 17.3 Å². The van der Waals surface area contributed by atoms with Gasteiger partial charge in [-0.05, 0) is 6.42 Å². The molecule has 0 saturated carbocycles. The Hall–Kier alpha value is -2.25. The van der Waals surface area contributed by atoms with Crippen molar-refractivity contribution in [2.45, 2.75) is 25.8 Å². The lowest BCUT2D eigenvalue weighted by Crippen LogP contribution is -2.23. The van der Waals surface area contributed by atoms with Crippen LogP contribution in [-0.2, 0) is 4.79 Å². The molecule has 6 nitrogen and oxygen atoms in total. The summed E-state index contributed by atoms with van der Waals surface area (Å²) in [5.41, 5.74) is -1.26. The van der Waals surface area contributed by atoms with E-state index >= 15 is 0 Å². The van der Waals surface area contributed by atoms with Crippen LogP contribution in [0.5, 0.6) is 0 Å². The summed E-state index contributed by atoms with van der Waals surface area (Å²) in [6.07, 6.45) is 0.0212. The highest BCUT2D eigenvalue weighted by molar-refractivity contribution is 5.69. The van der Waals surface area contributed by atoms with E-state index in [4.69, 9.17) is 5.11 Å². The fraction of sp³-hybridized carbons (Fsp3) is 0.364. The van der Waals surface area contributed by atoms with E-state index in [2.05, 4.69) is 5.32 Å². The number of hydrogen-bond donors (Lipinski definition) is 2. The second kappa shape index (κ2) is 6.07. The summed E-state index contributed by atoms with van der Waals surface area (Å²) in [4.78, 5) is 20.3. The van der Waals surface area contributed by atoms with E-state index < -0.39 is 34.3 Å². The molecule has 0 aliphatic heterocycles. The molecular formula is C11H12F2N2O4. The number of carboxylic acid groups (broad SMARTS) is 1. The molecule has 1 aromatic carbocycles. The monoisotopic (exact) mass is 274 g/mol. The van der Waals surface area contributed by atoms with Gasteiger partial charge in [0.2, 0.25) is 5.82 Å².